The lowest BCUT2D eigenvalue weighted by Gasteiger charge is -2.12. The van der Waals surface area contributed by atoms with E-state index in [0.29, 0.717) is 21.9 Å². The molecule has 4 rings (SSSR count). The molecule has 160 valence electrons. The molecule has 1 amide bonds. The molecule has 7 heteroatoms. The number of nitrogens with one attached hydrogen (secondary N) is 2. The van der Waals surface area contributed by atoms with E-state index in [9.17, 15) is 9.59 Å². The van der Waals surface area contributed by atoms with Gasteiger partial charge in [-0.2, -0.15) is 0 Å². The molecule has 2 aromatic heterocycles. The molecule has 0 saturated heterocycles. The number of aromatic nitrogens is 3. The summed E-state index contributed by atoms with van der Waals surface area (Å²) < 4.78 is 1.53. The van der Waals surface area contributed by atoms with Crippen LogP contribution in [-0.2, 0) is 4.79 Å². The van der Waals surface area contributed by atoms with Crippen molar-refractivity contribution in [2.75, 3.05) is 11.1 Å². The lowest BCUT2D eigenvalue weighted by Crippen LogP contribution is -2.23. The standard InChI is InChI=1S/C25H22N4O2S/c1-3-11-20-19(4-2)22-23(27-20)24(31)29(18-14-9-6-10-15-18)25(28-22)32-16-21(30)26-17-12-7-5-8-13-17/h3-15,27H,2,16H2,1H3,(H,26,30)/b11-3-. The Labute approximate surface area is 189 Å². The number of H-pyrrole nitrogens is 1. The van der Waals surface area contributed by atoms with Gasteiger partial charge in [-0.05, 0) is 37.3 Å². The van der Waals surface area contributed by atoms with Crippen LogP contribution in [0.5, 0.6) is 0 Å². The van der Waals surface area contributed by atoms with Gasteiger partial charge in [0.25, 0.3) is 5.56 Å². The Kier molecular flexibility index (Phi) is 6.37. The minimum absolute atomic E-state index is 0.106. The molecule has 6 nitrogen and oxygen atoms in total. The fourth-order valence-corrected chi connectivity index (χ4v) is 4.20. The predicted octanol–water partition coefficient (Wildman–Crippen LogP) is 5.12. The Morgan fingerprint density at radius 2 is 1.84 bits per heavy atom. The van der Waals surface area contributed by atoms with Gasteiger partial charge in [0, 0.05) is 16.9 Å². The van der Waals surface area contributed by atoms with Crippen LogP contribution in [-0.4, -0.2) is 26.2 Å². The normalized spacial score (nSPS) is 11.2. The minimum Gasteiger partial charge on any atom is -0.349 e. The number of anilines is 1. The second-order valence-electron chi connectivity index (χ2n) is 6.95. The monoisotopic (exact) mass is 442 g/mol. The molecular weight excluding hydrogens is 420 g/mol. The molecule has 0 unspecified atom stereocenters. The highest BCUT2D eigenvalue weighted by Crippen LogP contribution is 2.26. The van der Waals surface area contributed by atoms with E-state index in [2.05, 4.69) is 16.9 Å². The number of nitrogens with zero attached hydrogens (tertiary/aromatic N) is 2. The Hall–Kier alpha value is -3.84. The van der Waals surface area contributed by atoms with Crippen molar-refractivity contribution in [3.63, 3.8) is 0 Å². The molecule has 0 fully saturated rings. The summed E-state index contributed by atoms with van der Waals surface area (Å²) >= 11 is 1.21. The molecule has 0 atom stereocenters. The Bertz CT molecular complexity index is 1360. The highest BCUT2D eigenvalue weighted by molar-refractivity contribution is 7.99. The zero-order valence-corrected chi connectivity index (χ0v) is 18.4. The summed E-state index contributed by atoms with van der Waals surface area (Å²) in [7, 11) is 0. The van der Waals surface area contributed by atoms with E-state index < -0.39 is 0 Å². The first-order valence-electron chi connectivity index (χ1n) is 10.1. The fourth-order valence-electron chi connectivity index (χ4n) is 3.39. The van der Waals surface area contributed by atoms with Crippen LogP contribution in [0, 0.1) is 0 Å². The first kappa shape index (κ1) is 21.4. The van der Waals surface area contributed by atoms with E-state index in [0.717, 1.165) is 16.9 Å². The molecule has 0 bridgehead atoms. The summed E-state index contributed by atoms with van der Waals surface area (Å²) in [5.41, 5.74) is 3.63. The maximum absolute atomic E-state index is 13.5. The SMILES string of the molecule is C=Cc1c(/C=C\C)[nH]c2c(=O)n(-c3ccccc3)c(SCC(=O)Nc3ccccc3)nc12. The van der Waals surface area contributed by atoms with Gasteiger partial charge < -0.3 is 10.3 Å². The van der Waals surface area contributed by atoms with E-state index in [1.807, 2.05) is 79.7 Å². The van der Waals surface area contributed by atoms with Gasteiger partial charge in [0.2, 0.25) is 5.91 Å². The number of hydrogen-bond donors (Lipinski definition) is 2. The van der Waals surface area contributed by atoms with Crippen LogP contribution >= 0.6 is 11.8 Å². The van der Waals surface area contributed by atoms with Crippen molar-refractivity contribution in [3.05, 3.63) is 94.9 Å². The van der Waals surface area contributed by atoms with Crippen molar-refractivity contribution in [1.29, 1.82) is 0 Å². The van der Waals surface area contributed by atoms with Crippen LogP contribution < -0.4 is 10.9 Å². The summed E-state index contributed by atoms with van der Waals surface area (Å²) in [4.78, 5) is 34.0. The Morgan fingerprint density at radius 3 is 2.50 bits per heavy atom. The highest BCUT2D eigenvalue weighted by Gasteiger charge is 2.19. The number of carbonyl (C=O) groups is 1. The number of hydrogen-bond acceptors (Lipinski definition) is 4. The third-order valence-electron chi connectivity index (χ3n) is 4.80. The number of benzene rings is 2. The molecule has 0 radical (unpaired) electrons. The molecule has 2 heterocycles. The number of aromatic amines is 1. The second kappa shape index (κ2) is 9.53. The molecule has 0 aliphatic rings. The number of fused-ring (bicyclic) bond motifs is 1. The Balaban J connectivity index is 1.77. The largest absolute Gasteiger partial charge is 0.349 e. The number of rotatable bonds is 7. The van der Waals surface area contributed by atoms with Crippen LogP contribution in [0.4, 0.5) is 5.69 Å². The van der Waals surface area contributed by atoms with Crippen LogP contribution in [0.15, 0.2) is 83.3 Å². The zero-order chi connectivity index (χ0) is 22.5. The summed E-state index contributed by atoms with van der Waals surface area (Å²) in [5, 5.41) is 3.30. The fraction of sp³-hybridized carbons (Fsp3) is 0.0800. The number of amides is 1. The minimum atomic E-state index is -0.231. The van der Waals surface area contributed by atoms with Crippen LogP contribution in [0.2, 0.25) is 0 Å². The van der Waals surface area contributed by atoms with E-state index in [-0.39, 0.29) is 17.2 Å². The van der Waals surface area contributed by atoms with E-state index in [1.54, 1.807) is 6.08 Å². The topological polar surface area (TPSA) is 79.8 Å². The van der Waals surface area contributed by atoms with Crippen molar-refractivity contribution in [2.24, 2.45) is 0 Å². The zero-order valence-electron chi connectivity index (χ0n) is 17.5. The molecule has 0 aliphatic heterocycles. The average molecular weight is 443 g/mol. The number of allylic oxidation sites excluding steroid dienone is 1. The summed E-state index contributed by atoms with van der Waals surface area (Å²) in [5.74, 6) is -0.0716. The number of thioether (sulfide) groups is 1. The quantitative estimate of drug-likeness (QED) is 0.307. The molecule has 2 aromatic carbocycles. The maximum atomic E-state index is 13.5. The van der Waals surface area contributed by atoms with Gasteiger partial charge in [0.15, 0.2) is 5.16 Å². The first-order valence-corrected chi connectivity index (χ1v) is 11.1. The van der Waals surface area contributed by atoms with Gasteiger partial charge in [-0.15, -0.1) is 0 Å². The van der Waals surface area contributed by atoms with Gasteiger partial charge in [-0.25, -0.2) is 4.98 Å². The van der Waals surface area contributed by atoms with E-state index in [4.69, 9.17) is 4.98 Å². The van der Waals surface area contributed by atoms with E-state index >= 15 is 0 Å². The van der Waals surface area contributed by atoms with Crippen LogP contribution in [0.1, 0.15) is 18.2 Å². The first-order chi connectivity index (χ1) is 15.6. The predicted molar refractivity (Wildman–Crippen MR) is 132 cm³/mol. The molecule has 32 heavy (non-hydrogen) atoms. The van der Waals surface area contributed by atoms with Crippen molar-refractivity contribution < 1.29 is 4.79 Å². The summed E-state index contributed by atoms with van der Waals surface area (Å²) in [6.45, 7) is 5.79. The number of carbonyl (C=O) groups excluding carboxylic acids is 1. The third kappa shape index (κ3) is 4.29. The van der Waals surface area contributed by atoms with Gasteiger partial charge in [-0.1, -0.05) is 66.9 Å². The lowest BCUT2D eigenvalue weighted by molar-refractivity contribution is -0.113. The molecular formula is C25H22N4O2S. The molecule has 0 saturated carbocycles. The van der Waals surface area contributed by atoms with Crippen LogP contribution in [0.25, 0.3) is 28.9 Å². The summed E-state index contributed by atoms with van der Waals surface area (Å²) in [6, 6.07) is 18.5. The summed E-state index contributed by atoms with van der Waals surface area (Å²) in [6.07, 6.45) is 5.45. The maximum Gasteiger partial charge on any atom is 0.283 e. The third-order valence-corrected chi connectivity index (χ3v) is 5.74. The van der Waals surface area contributed by atoms with Crippen molar-refractivity contribution in [2.45, 2.75) is 12.1 Å². The van der Waals surface area contributed by atoms with Crippen LogP contribution in [0.3, 0.4) is 0 Å². The van der Waals surface area contributed by atoms with Crippen molar-refractivity contribution in [3.8, 4) is 5.69 Å². The van der Waals surface area contributed by atoms with Gasteiger partial charge in [-0.3, -0.25) is 14.2 Å². The molecule has 0 aliphatic carbocycles. The second-order valence-corrected chi connectivity index (χ2v) is 7.90. The van der Waals surface area contributed by atoms with Crippen molar-refractivity contribution in [1.82, 2.24) is 14.5 Å². The smallest absolute Gasteiger partial charge is 0.283 e. The molecule has 0 spiro atoms. The average Bonchev–Trinajstić information content (AvgIpc) is 3.16. The number of para-hydroxylation sites is 2. The molecule has 2 N–H and O–H groups in total. The van der Waals surface area contributed by atoms with Gasteiger partial charge in [0.05, 0.1) is 11.4 Å². The highest BCUT2D eigenvalue weighted by atomic mass is 32.2. The Morgan fingerprint density at radius 1 is 1.16 bits per heavy atom. The molecule has 4 aromatic rings. The lowest BCUT2D eigenvalue weighted by atomic mass is 10.2. The van der Waals surface area contributed by atoms with Gasteiger partial charge in [0.1, 0.15) is 11.0 Å². The van der Waals surface area contributed by atoms with Gasteiger partial charge >= 0.3 is 0 Å². The van der Waals surface area contributed by atoms with E-state index in [1.165, 1.54) is 16.3 Å². The van der Waals surface area contributed by atoms with Crippen molar-refractivity contribution >= 4 is 46.5 Å².